The zero-order valence-electron chi connectivity index (χ0n) is 50.4. The minimum absolute atomic E-state index is 0.0254. The van der Waals surface area contributed by atoms with E-state index in [1.807, 2.05) is 296 Å². The maximum atomic E-state index is 16.4. The maximum absolute atomic E-state index is 16.4. The highest BCUT2D eigenvalue weighted by atomic mass is 19.4. The second-order valence-corrected chi connectivity index (χ2v) is 22.7. The summed E-state index contributed by atoms with van der Waals surface area (Å²) in [6.07, 6.45) is -4.89. The first kappa shape index (κ1) is 57.4. The lowest BCUT2D eigenvalue weighted by Crippen LogP contribution is -2.11. The van der Waals surface area contributed by atoms with Crippen molar-refractivity contribution in [2.75, 3.05) is 0 Å². The molecule has 0 fully saturated rings. The highest BCUT2D eigenvalue weighted by Crippen LogP contribution is 2.46. The van der Waals surface area contributed by atoms with Crippen LogP contribution in [0.2, 0.25) is 0 Å². The van der Waals surface area contributed by atoms with Crippen LogP contribution in [0.15, 0.2) is 303 Å². The molecule has 16 aromatic rings. The van der Waals surface area contributed by atoms with Crippen LogP contribution >= 0.6 is 0 Å². The monoisotopic (exact) mass is 1230 g/mol. The molecule has 5 heterocycles. The van der Waals surface area contributed by atoms with E-state index in [1.54, 1.807) is 0 Å². The van der Waals surface area contributed by atoms with Gasteiger partial charge in [0.05, 0.1) is 45.1 Å². The van der Waals surface area contributed by atoms with Crippen molar-refractivity contribution in [3.63, 3.8) is 0 Å². The first-order chi connectivity index (χ1) is 46.7. The number of alkyl halides is 3. The summed E-state index contributed by atoms with van der Waals surface area (Å²) in [5.74, 6) is 2.71. The molecule has 0 unspecified atom stereocenters. The van der Waals surface area contributed by atoms with Crippen LogP contribution in [0, 0.1) is 0 Å². The van der Waals surface area contributed by atoms with Gasteiger partial charge in [-0.2, -0.15) is 13.2 Å². The van der Waals surface area contributed by atoms with E-state index >= 15 is 13.2 Å². The fourth-order valence-electron chi connectivity index (χ4n) is 12.0. The molecule has 5 aromatic heterocycles. The third-order valence-electron chi connectivity index (χ3n) is 16.6. The van der Waals surface area contributed by atoms with Crippen LogP contribution in [0.25, 0.3) is 164 Å². The number of benzene rings is 11. The molecule has 11 aromatic carbocycles. The van der Waals surface area contributed by atoms with E-state index in [0.717, 1.165) is 56.6 Å². The molecular weight excluding hydrogens is 1180 g/mol. The average molecular weight is 1230 g/mol. The van der Waals surface area contributed by atoms with Gasteiger partial charge in [-0.15, -0.1) is 0 Å². The molecule has 14 heteroatoms. The smallest absolute Gasteiger partial charge is 0.308 e. The van der Waals surface area contributed by atoms with E-state index in [4.69, 9.17) is 49.8 Å². The number of nitrogens with zero attached hydrogens (tertiary/aromatic N) is 11. The normalized spacial score (nSPS) is 11.5. The topological polar surface area (TPSA) is 134 Å². The molecule has 0 spiro atoms. The molecule has 0 radical (unpaired) electrons. The second-order valence-electron chi connectivity index (χ2n) is 22.7. The van der Waals surface area contributed by atoms with Gasteiger partial charge in [0.25, 0.3) is 0 Å². The van der Waals surface area contributed by atoms with Crippen LogP contribution in [0.5, 0.6) is 0 Å². The molecule has 0 N–H and O–H groups in total. The Morgan fingerprint density at radius 1 is 0.221 bits per heavy atom. The quantitative estimate of drug-likeness (QED) is 0.110. The van der Waals surface area contributed by atoms with Crippen LogP contribution in [-0.4, -0.2) is 54.4 Å². The summed E-state index contributed by atoms with van der Waals surface area (Å²) in [6, 6.07) is 95.1. The Balaban J connectivity index is 1.04. The Bertz CT molecular complexity index is 4930. The summed E-state index contributed by atoms with van der Waals surface area (Å²) in [5.41, 5.74) is 10.0. The van der Waals surface area contributed by atoms with Gasteiger partial charge in [-0.05, 0) is 60.7 Å². The Morgan fingerprint density at radius 3 is 0.716 bits per heavy atom. The molecule has 0 aliphatic heterocycles. The number of rotatable bonds is 13. The summed E-state index contributed by atoms with van der Waals surface area (Å²) >= 11 is 0. The predicted molar refractivity (Wildman–Crippen MR) is 369 cm³/mol. The van der Waals surface area contributed by atoms with Gasteiger partial charge in [0.1, 0.15) is 0 Å². The molecule has 0 saturated heterocycles. The zero-order chi connectivity index (χ0) is 63.8. The lowest BCUT2D eigenvalue weighted by molar-refractivity contribution is -0.137. The van der Waals surface area contributed by atoms with Crippen molar-refractivity contribution in [3.05, 3.63) is 309 Å². The molecule has 0 amide bonds. The van der Waals surface area contributed by atoms with Crippen molar-refractivity contribution in [2.24, 2.45) is 0 Å². The second kappa shape index (κ2) is 24.4. The molecule has 450 valence electrons. The minimum atomic E-state index is -4.89. The molecule has 0 bridgehead atoms. The van der Waals surface area contributed by atoms with Crippen molar-refractivity contribution >= 4 is 21.8 Å². The van der Waals surface area contributed by atoms with Crippen LogP contribution < -0.4 is 0 Å². The third-order valence-corrected chi connectivity index (χ3v) is 16.6. The Morgan fingerprint density at radius 2 is 0.463 bits per heavy atom. The first-order valence-corrected chi connectivity index (χ1v) is 30.8. The van der Waals surface area contributed by atoms with Gasteiger partial charge in [0.2, 0.25) is 0 Å². The summed E-state index contributed by atoms with van der Waals surface area (Å²) in [6.45, 7) is 0. The van der Waals surface area contributed by atoms with E-state index in [1.165, 1.54) is 0 Å². The summed E-state index contributed by atoms with van der Waals surface area (Å²) in [5, 5.41) is 1.38. The Hall–Kier alpha value is -12.8. The molecule has 16 rings (SSSR count). The lowest BCUT2D eigenvalue weighted by atomic mass is 9.98. The summed E-state index contributed by atoms with van der Waals surface area (Å²) in [4.78, 5) is 51.8. The molecule has 0 saturated carbocycles. The zero-order valence-corrected chi connectivity index (χ0v) is 50.4. The van der Waals surface area contributed by atoms with Gasteiger partial charge in [0, 0.05) is 77.5 Å². The fourth-order valence-corrected chi connectivity index (χ4v) is 12.0. The van der Waals surface area contributed by atoms with Crippen molar-refractivity contribution in [3.8, 4) is 142 Å². The van der Waals surface area contributed by atoms with Crippen LogP contribution in [0.3, 0.4) is 0 Å². The molecule has 0 aliphatic rings. The van der Waals surface area contributed by atoms with Gasteiger partial charge in [-0.1, -0.05) is 243 Å². The Kier molecular flexibility index (Phi) is 14.7. The minimum Gasteiger partial charge on any atom is -0.308 e. The maximum Gasteiger partial charge on any atom is 0.416 e. The van der Waals surface area contributed by atoms with Gasteiger partial charge < -0.3 is 4.57 Å². The van der Waals surface area contributed by atoms with Gasteiger partial charge in [-0.3, -0.25) is 0 Å². The number of hydrogen-bond acceptors (Lipinski definition) is 10. The summed E-state index contributed by atoms with van der Waals surface area (Å²) in [7, 11) is 0. The third kappa shape index (κ3) is 11.4. The van der Waals surface area contributed by atoms with E-state index in [9.17, 15) is 0 Å². The van der Waals surface area contributed by atoms with Crippen LogP contribution in [0.4, 0.5) is 13.2 Å². The number of hydrogen-bond donors (Lipinski definition) is 0. The van der Waals surface area contributed by atoms with Gasteiger partial charge >= 0.3 is 6.18 Å². The van der Waals surface area contributed by atoms with Gasteiger partial charge in [0.15, 0.2) is 46.6 Å². The van der Waals surface area contributed by atoms with E-state index in [2.05, 4.69) is 0 Å². The largest absolute Gasteiger partial charge is 0.416 e. The van der Waals surface area contributed by atoms with Crippen molar-refractivity contribution < 1.29 is 13.2 Å². The van der Waals surface area contributed by atoms with Crippen LogP contribution in [-0.2, 0) is 6.18 Å². The Labute approximate surface area is 543 Å². The molecule has 0 aliphatic carbocycles. The fraction of sp³-hybridized carbons (Fsp3) is 0.0123. The summed E-state index contributed by atoms with van der Waals surface area (Å²) < 4.78 is 51.1. The van der Waals surface area contributed by atoms with E-state index < -0.39 is 11.7 Å². The SMILES string of the molecule is FC(F)(F)c1cc(-c2nc(-c3ccccc3)cc(-c3ccccc3)n2)c(-n2c3ccc(-c4nc(-c5ccccc5)nc(-c5ccccc5)n4)cc3c3cc(-c4nc(-c5ccccc5)nc(-c5ccccc5)n4)ccc32)c(-c2nc(-c3ccccc3)cc(-c3ccccc3)n2)c1. The van der Waals surface area contributed by atoms with Crippen LogP contribution in [0.1, 0.15) is 5.56 Å². The standard InChI is InChI=1S/C81H50F3N11/c82-81(83,84)61-47-64(79-85-66(51-25-9-1-10-26-51)49-67(86-79)52-27-11-2-12-28-52)72(65(48-61)80-87-68(53-29-13-3-14-30-53)50-69(88-80)54-31-15-4-16-32-54)95-70-43-41-59(77-91-73(55-33-17-5-18-34-55)89-74(92-77)56-35-19-6-20-36-56)45-62(70)63-46-60(42-44-71(63)95)78-93-75(57-37-21-7-22-38-57)90-76(94-78)58-39-23-8-24-40-58/h1-50H. The first-order valence-electron chi connectivity index (χ1n) is 30.8. The van der Waals surface area contributed by atoms with Crippen molar-refractivity contribution in [1.82, 2.24) is 54.4 Å². The van der Waals surface area contributed by atoms with Crippen molar-refractivity contribution in [2.45, 2.75) is 6.18 Å². The highest BCUT2D eigenvalue weighted by molar-refractivity contribution is 6.12. The number of fused-ring (bicyclic) bond motifs is 3. The van der Waals surface area contributed by atoms with Gasteiger partial charge in [-0.25, -0.2) is 49.8 Å². The molecule has 11 nitrogen and oxygen atoms in total. The molecular formula is C81H50F3N11. The van der Waals surface area contributed by atoms with E-state index in [-0.39, 0.29) is 28.5 Å². The lowest BCUT2D eigenvalue weighted by Gasteiger charge is -2.21. The number of aromatic nitrogens is 11. The average Bonchev–Trinajstić information content (AvgIpc) is 1.60. The molecule has 95 heavy (non-hydrogen) atoms. The van der Waals surface area contributed by atoms with E-state index in [0.29, 0.717) is 90.7 Å². The predicted octanol–water partition coefficient (Wildman–Crippen LogP) is 19.8. The van der Waals surface area contributed by atoms with Crippen molar-refractivity contribution in [1.29, 1.82) is 0 Å². The highest BCUT2D eigenvalue weighted by Gasteiger charge is 2.35. The molecule has 0 atom stereocenters. The number of halogens is 3.